The zero-order chi connectivity index (χ0) is 21.4. The third-order valence-electron chi connectivity index (χ3n) is 5.51. The lowest BCUT2D eigenvalue weighted by molar-refractivity contribution is -0.121. The van der Waals surface area contributed by atoms with Crippen LogP contribution in [-0.2, 0) is 4.79 Å². The van der Waals surface area contributed by atoms with Gasteiger partial charge >= 0.3 is 0 Å². The Morgan fingerprint density at radius 1 is 1.10 bits per heavy atom. The Bertz CT molecular complexity index is 1240. The van der Waals surface area contributed by atoms with Gasteiger partial charge in [0.05, 0.1) is 11.2 Å². The molecule has 31 heavy (non-hydrogen) atoms. The van der Waals surface area contributed by atoms with Crippen molar-refractivity contribution < 1.29 is 14.6 Å². The first-order valence-electron chi connectivity index (χ1n) is 10.1. The van der Waals surface area contributed by atoms with Crippen LogP contribution in [0.5, 0.6) is 5.75 Å². The first-order valence-corrected chi connectivity index (χ1v) is 10.1. The molecule has 2 atom stereocenters. The van der Waals surface area contributed by atoms with Gasteiger partial charge in [-0.1, -0.05) is 48.5 Å². The topological polar surface area (TPSA) is 79.1 Å². The second kappa shape index (κ2) is 7.86. The SMILES string of the molecule is CN1C(=O)[C@@H](NC(O)c2cc3c(-c4ccccc4)cccn3n2)COc2ccccc21. The average Bonchev–Trinajstić information content (AvgIpc) is 3.22. The molecule has 0 bridgehead atoms. The van der Waals surface area contributed by atoms with Crippen LogP contribution < -0.4 is 15.0 Å². The van der Waals surface area contributed by atoms with E-state index in [9.17, 15) is 9.90 Å². The zero-order valence-corrected chi connectivity index (χ0v) is 17.0. The number of carbonyl (C=O) groups is 1. The van der Waals surface area contributed by atoms with Crippen LogP contribution in [0.1, 0.15) is 11.9 Å². The number of benzene rings is 2. The first-order chi connectivity index (χ1) is 15.1. The normalized spacial score (nSPS) is 17.2. The Kier molecular flexibility index (Phi) is 4.89. The number of aliphatic hydroxyl groups excluding tert-OH is 1. The minimum absolute atomic E-state index is 0.111. The molecule has 2 aromatic heterocycles. The van der Waals surface area contributed by atoms with Crippen LogP contribution >= 0.6 is 0 Å². The van der Waals surface area contributed by atoms with Crippen LogP contribution in [0.2, 0.25) is 0 Å². The minimum Gasteiger partial charge on any atom is -0.489 e. The van der Waals surface area contributed by atoms with E-state index >= 15 is 0 Å². The van der Waals surface area contributed by atoms with Crippen molar-refractivity contribution in [2.45, 2.75) is 12.3 Å². The van der Waals surface area contributed by atoms with Crippen molar-refractivity contribution in [3.8, 4) is 16.9 Å². The number of amides is 1. The first kappa shape index (κ1) is 19.3. The number of rotatable bonds is 4. The van der Waals surface area contributed by atoms with Gasteiger partial charge in [0, 0.05) is 18.8 Å². The number of likely N-dealkylation sites (N-methyl/N-ethyl adjacent to an activating group) is 1. The van der Waals surface area contributed by atoms with E-state index in [1.165, 1.54) is 0 Å². The molecule has 156 valence electrons. The summed E-state index contributed by atoms with van der Waals surface area (Å²) in [4.78, 5) is 14.5. The summed E-state index contributed by atoms with van der Waals surface area (Å²) >= 11 is 0. The van der Waals surface area contributed by atoms with Crippen LogP contribution in [-0.4, -0.2) is 40.3 Å². The molecular formula is C24H22N4O3. The predicted octanol–water partition coefficient (Wildman–Crippen LogP) is 3.01. The molecule has 1 unspecified atom stereocenters. The molecule has 0 radical (unpaired) electrons. The number of fused-ring (bicyclic) bond motifs is 2. The highest BCUT2D eigenvalue weighted by Gasteiger charge is 2.31. The van der Waals surface area contributed by atoms with Gasteiger partial charge in [-0.05, 0) is 29.8 Å². The Morgan fingerprint density at radius 3 is 2.71 bits per heavy atom. The molecule has 2 N–H and O–H groups in total. The Morgan fingerprint density at radius 2 is 1.87 bits per heavy atom. The van der Waals surface area contributed by atoms with Gasteiger partial charge in [0.15, 0.2) is 6.23 Å². The van der Waals surface area contributed by atoms with Crippen LogP contribution in [0.25, 0.3) is 16.6 Å². The summed E-state index contributed by atoms with van der Waals surface area (Å²) in [7, 11) is 1.70. The Hall–Kier alpha value is -3.68. The van der Waals surface area contributed by atoms with Crippen molar-refractivity contribution in [1.29, 1.82) is 0 Å². The summed E-state index contributed by atoms with van der Waals surface area (Å²) in [6.45, 7) is 0.111. The molecule has 4 aromatic rings. The van der Waals surface area contributed by atoms with Crippen LogP contribution in [0.4, 0.5) is 5.69 Å². The van der Waals surface area contributed by atoms with Gasteiger partial charge in [0.1, 0.15) is 24.1 Å². The fraction of sp³-hybridized carbons (Fsp3) is 0.167. The number of aromatic nitrogens is 2. The highest BCUT2D eigenvalue weighted by molar-refractivity contribution is 5.98. The number of hydrogen-bond donors (Lipinski definition) is 2. The molecular weight excluding hydrogens is 392 g/mol. The largest absolute Gasteiger partial charge is 0.489 e. The van der Waals surface area contributed by atoms with Gasteiger partial charge in [-0.15, -0.1) is 0 Å². The van der Waals surface area contributed by atoms with E-state index in [0.29, 0.717) is 17.1 Å². The molecule has 2 aromatic carbocycles. The standard InChI is InChI=1S/C24H22N4O3/c1-27-20-11-5-6-12-22(20)31-15-19(24(27)30)25-23(29)18-14-21-17(10-7-13-28(21)26-18)16-8-3-2-4-9-16/h2-14,19,23,25,29H,15H2,1H3/t19-,23?/m0/s1. The molecule has 1 amide bonds. The van der Waals surface area contributed by atoms with E-state index in [4.69, 9.17) is 4.74 Å². The Labute approximate surface area is 179 Å². The zero-order valence-electron chi connectivity index (χ0n) is 17.0. The summed E-state index contributed by atoms with van der Waals surface area (Å²) < 4.78 is 7.54. The summed E-state index contributed by atoms with van der Waals surface area (Å²) in [5, 5.41) is 18.3. The van der Waals surface area contributed by atoms with Gasteiger partial charge in [-0.3, -0.25) is 10.1 Å². The molecule has 0 saturated carbocycles. The molecule has 0 fully saturated rings. The van der Waals surface area contributed by atoms with E-state index in [0.717, 1.165) is 16.6 Å². The summed E-state index contributed by atoms with van der Waals surface area (Å²) in [6.07, 6.45) is 0.707. The maximum Gasteiger partial charge on any atom is 0.247 e. The van der Waals surface area contributed by atoms with Gasteiger partial charge < -0.3 is 14.7 Å². The number of ether oxygens (including phenoxy) is 1. The summed E-state index contributed by atoms with van der Waals surface area (Å²) in [6, 6.07) is 22.4. The number of hydrogen-bond acceptors (Lipinski definition) is 5. The predicted molar refractivity (Wildman–Crippen MR) is 118 cm³/mol. The molecule has 3 heterocycles. The molecule has 1 aliphatic rings. The van der Waals surface area contributed by atoms with Crippen molar-refractivity contribution in [2.24, 2.45) is 0 Å². The van der Waals surface area contributed by atoms with Crippen molar-refractivity contribution in [3.05, 3.63) is 84.7 Å². The number of para-hydroxylation sites is 2. The third kappa shape index (κ3) is 3.54. The number of aliphatic hydroxyl groups is 1. The van der Waals surface area contributed by atoms with Gasteiger partial charge in [-0.2, -0.15) is 5.10 Å². The molecule has 7 nitrogen and oxygen atoms in total. The van der Waals surface area contributed by atoms with Gasteiger partial charge in [0.25, 0.3) is 0 Å². The molecule has 0 spiro atoms. The molecule has 7 heteroatoms. The Balaban J connectivity index is 1.41. The van der Waals surface area contributed by atoms with E-state index in [1.807, 2.05) is 79.0 Å². The number of nitrogens with zero attached hydrogens (tertiary/aromatic N) is 3. The maximum absolute atomic E-state index is 12.9. The van der Waals surface area contributed by atoms with Crippen LogP contribution in [0.3, 0.4) is 0 Å². The van der Waals surface area contributed by atoms with E-state index in [1.54, 1.807) is 16.5 Å². The fourth-order valence-electron chi connectivity index (χ4n) is 3.88. The van der Waals surface area contributed by atoms with E-state index in [2.05, 4.69) is 10.4 Å². The number of nitrogens with one attached hydrogen (secondary N) is 1. The minimum atomic E-state index is -1.13. The lowest BCUT2D eigenvalue weighted by Crippen LogP contribution is -2.48. The highest BCUT2D eigenvalue weighted by atomic mass is 16.5. The number of anilines is 1. The van der Waals surface area contributed by atoms with Crippen LogP contribution in [0.15, 0.2) is 79.0 Å². The van der Waals surface area contributed by atoms with Crippen molar-refractivity contribution >= 4 is 17.1 Å². The molecule has 0 aliphatic carbocycles. The maximum atomic E-state index is 12.9. The average molecular weight is 414 g/mol. The van der Waals surface area contributed by atoms with Gasteiger partial charge in [0.2, 0.25) is 5.91 Å². The second-order valence-corrected chi connectivity index (χ2v) is 7.48. The second-order valence-electron chi connectivity index (χ2n) is 7.48. The fourth-order valence-corrected chi connectivity index (χ4v) is 3.88. The molecule has 1 aliphatic heterocycles. The van der Waals surface area contributed by atoms with Crippen LogP contribution in [0, 0.1) is 0 Å². The lowest BCUT2D eigenvalue weighted by Gasteiger charge is -2.22. The monoisotopic (exact) mass is 414 g/mol. The van der Waals surface area contributed by atoms with Crippen molar-refractivity contribution in [2.75, 3.05) is 18.6 Å². The number of pyridine rings is 1. The quantitative estimate of drug-likeness (QED) is 0.502. The highest BCUT2D eigenvalue weighted by Crippen LogP contribution is 2.30. The lowest BCUT2D eigenvalue weighted by atomic mass is 10.1. The van der Waals surface area contributed by atoms with Gasteiger partial charge in [-0.25, -0.2) is 4.52 Å². The van der Waals surface area contributed by atoms with Crippen molar-refractivity contribution in [1.82, 2.24) is 14.9 Å². The summed E-state index contributed by atoms with van der Waals surface area (Å²) in [5.74, 6) is 0.454. The molecule has 5 rings (SSSR count). The smallest absolute Gasteiger partial charge is 0.247 e. The van der Waals surface area contributed by atoms with E-state index in [-0.39, 0.29) is 12.5 Å². The van der Waals surface area contributed by atoms with Crippen molar-refractivity contribution in [3.63, 3.8) is 0 Å². The molecule has 0 saturated heterocycles. The van der Waals surface area contributed by atoms with E-state index < -0.39 is 12.3 Å². The summed E-state index contributed by atoms with van der Waals surface area (Å²) in [5.41, 5.74) is 4.08. The number of carbonyl (C=O) groups excluding carboxylic acids is 1. The third-order valence-corrected chi connectivity index (χ3v) is 5.51.